The van der Waals surface area contributed by atoms with Crippen LogP contribution in [0.5, 0.6) is 5.75 Å². The van der Waals surface area contributed by atoms with E-state index in [0.29, 0.717) is 6.61 Å². The van der Waals surface area contributed by atoms with Crippen LogP contribution in [0.25, 0.3) is 5.69 Å². The van der Waals surface area contributed by atoms with E-state index in [4.69, 9.17) is 9.84 Å². The second-order valence-electron chi connectivity index (χ2n) is 3.20. The molecule has 0 unspecified atom stereocenters. The Bertz CT molecular complexity index is 434. The molecule has 0 aliphatic heterocycles. The molecule has 78 valence electrons. The zero-order chi connectivity index (χ0) is 10.7. The Balaban J connectivity index is 2.25. The summed E-state index contributed by atoms with van der Waals surface area (Å²) in [6.07, 6.45) is 1.86. The standard InChI is InChI=1S/C11H12N2O2/c1-15-8-9-6-7-13(12-9)10-2-4-11(14)5-3-10/h2-7,14H,8H2,1H3. The van der Waals surface area contributed by atoms with Crippen molar-refractivity contribution in [3.8, 4) is 11.4 Å². The summed E-state index contributed by atoms with van der Waals surface area (Å²) in [4.78, 5) is 0. The lowest BCUT2D eigenvalue weighted by atomic mass is 10.3. The fourth-order valence-corrected chi connectivity index (χ4v) is 1.34. The zero-order valence-corrected chi connectivity index (χ0v) is 8.42. The number of phenols is 1. The van der Waals surface area contributed by atoms with Crippen LogP contribution in [-0.2, 0) is 11.3 Å². The van der Waals surface area contributed by atoms with Gasteiger partial charge in [0.1, 0.15) is 5.75 Å². The van der Waals surface area contributed by atoms with E-state index in [1.165, 1.54) is 0 Å². The summed E-state index contributed by atoms with van der Waals surface area (Å²) in [5.74, 6) is 0.253. The van der Waals surface area contributed by atoms with Gasteiger partial charge in [-0.15, -0.1) is 0 Å². The number of aromatic hydroxyl groups is 1. The van der Waals surface area contributed by atoms with Crippen molar-refractivity contribution in [2.75, 3.05) is 7.11 Å². The van der Waals surface area contributed by atoms with E-state index in [1.54, 1.807) is 36.1 Å². The van der Waals surface area contributed by atoms with Crippen LogP contribution in [0.1, 0.15) is 5.69 Å². The number of benzene rings is 1. The quantitative estimate of drug-likeness (QED) is 0.828. The van der Waals surface area contributed by atoms with Crippen molar-refractivity contribution in [2.24, 2.45) is 0 Å². The lowest BCUT2D eigenvalue weighted by Gasteiger charge is -2.00. The van der Waals surface area contributed by atoms with Crippen molar-refractivity contribution in [3.05, 3.63) is 42.2 Å². The van der Waals surface area contributed by atoms with Crippen LogP contribution in [0.2, 0.25) is 0 Å². The molecule has 1 aromatic carbocycles. The summed E-state index contributed by atoms with van der Waals surface area (Å²) in [5.41, 5.74) is 1.79. The number of aromatic nitrogens is 2. The predicted molar refractivity (Wildman–Crippen MR) is 55.9 cm³/mol. The van der Waals surface area contributed by atoms with Crippen molar-refractivity contribution in [1.29, 1.82) is 0 Å². The molecule has 0 saturated carbocycles. The molecular formula is C11H12N2O2. The van der Waals surface area contributed by atoms with E-state index in [9.17, 15) is 0 Å². The van der Waals surface area contributed by atoms with Gasteiger partial charge in [-0.3, -0.25) is 0 Å². The first kappa shape index (κ1) is 9.73. The molecule has 0 spiro atoms. The Hall–Kier alpha value is -1.81. The van der Waals surface area contributed by atoms with Crippen molar-refractivity contribution in [1.82, 2.24) is 9.78 Å². The highest BCUT2D eigenvalue weighted by molar-refractivity contribution is 5.36. The summed E-state index contributed by atoms with van der Waals surface area (Å²) in [6.45, 7) is 0.505. The Labute approximate surface area is 87.7 Å². The maximum absolute atomic E-state index is 9.14. The number of hydrogen-bond donors (Lipinski definition) is 1. The van der Waals surface area contributed by atoms with Crippen LogP contribution in [0.4, 0.5) is 0 Å². The van der Waals surface area contributed by atoms with Crippen LogP contribution in [-0.4, -0.2) is 22.0 Å². The Morgan fingerprint density at radius 2 is 2.00 bits per heavy atom. The molecule has 2 rings (SSSR count). The fraction of sp³-hybridized carbons (Fsp3) is 0.182. The molecule has 4 nitrogen and oxygen atoms in total. The third-order valence-electron chi connectivity index (χ3n) is 2.05. The van der Waals surface area contributed by atoms with Gasteiger partial charge in [0.2, 0.25) is 0 Å². The molecule has 0 bridgehead atoms. The maximum Gasteiger partial charge on any atom is 0.115 e. The number of methoxy groups -OCH3 is 1. The lowest BCUT2D eigenvalue weighted by Crippen LogP contribution is -1.96. The fourth-order valence-electron chi connectivity index (χ4n) is 1.34. The smallest absolute Gasteiger partial charge is 0.115 e. The average molecular weight is 204 g/mol. The van der Waals surface area contributed by atoms with Crippen molar-refractivity contribution in [2.45, 2.75) is 6.61 Å². The number of ether oxygens (including phenoxy) is 1. The minimum Gasteiger partial charge on any atom is -0.508 e. The van der Waals surface area contributed by atoms with Gasteiger partial charge < -0.3 is 9.84 Å². The van der Waals surface area contributed by atoms with Gasteiger partial charge in [0.25, 0.3) is 0 Å². The Kier molecular flexibility index (Phi) is 2.69. The SMILES string of the molecule is COCc1ccn(-c2ccc(O)cc2)n1. The van der Waals surface area contributed by atoms with E-state index in [2.05, 4.69) is 5.10 Å². The number of phenolic OH excluding ortho intramolecular Hbond substituents is 1. The molecule has 1 aromatic heterocycles. The molecule has 0 aliphatic rings. The lowest BCUT2D eigenvalue weighted by molar-refractivity contribution is 0.181. The molecule has 0 saturated heterocycles. The third-order valence-corrected chi connectivity index (χ3v) is 2.05. The van der Waals surface area contributed by atoms with Gasteiger partial charge in [0.15, 0.2) is 0 Å². The molecular weight excluding hydrogens is 192 g/mol. The van der Waals surface area contributed by atoms with Gasteiger partial charge in [0, 0.05) is 13.3 Å². The van der Waals surface area contributed by atoms with Crippen LogP contribution < -0.4 is 0 Å². The molecule has 0 radical (unpaired) electrons. The normalized spacial score (nSPS) is 10.5. The van der Waals surface area contributed by atoms with Crippen LogP contribution >= 0.6 is 0 Å². The Morgan fingerprint density at radius 3 is 2.67 bits per heavy atom. The van der Waals surface area contributed by atoms with Gasteiger partial charge in [0.05, 0.1) is 18.0 Å². The van der Waals surface area contributed by atoms with Crippen LogP contribution in [0.3, 0.4) is 0 Å². The second-order valence-corrected chi connectivity index (χ2v) is 3.20. The van der Waals surface area contributed by atoms with Gasteiger partial charge in [-0.05, 0) is 30.3 Å². The number of nitrogens with zero attached hydrogens (tertiary/aromatic N) is 2. The largest absolute Gasteiger partial charge is 0.508 e. The van der Waals surface area contributed by atoms with Gasteiger partial charge >= 0.3 is 0 Å². The maximum atomic E-state index is 9.14. The summed E-state index contributed by atoms with van der Waals surface area (Å²) < 4.78 is 6.72. The van der Waals surface area contributed by atoms with E-state index in [-0.39, 0.29) is 5.75 Å². The molecule has 15 heavy (non-hydrogen) atoms. The van der Waals surface area contributed by atoms with Gasteiger partial charge in [-0.2, -0.15) is 5.10 Å². The second kappa shape index (κ2) is 4.14. The summed E-state index contributed by atoms with van der Waals surface area (Å²) in [5, 5.41) is 13.5. The first-order valence-corrected chi connectivity index (χ1v) is 4.62. The molecule has 1 N–H and O–H groups in total. The average Bonchev–Trinajstić information content (AvgIpc) is 2.68. The van der Waals surface area contributed by atoms with Gasteiger partial charge in [-0.1, -0.05) is 0 Å². The third kappa shape index (κ3) is 2.16. The molecule has 0 fully saturated rings. The first-order chi connectivity index (χ1) is 7.29. The highest BCUT2D eigenvalue weighted by Gasteiger charge is 2.00. The van der Waals surface area contributed by atoms with Crippen molar-refractivity contribution in [3.63, 3.8) is 0 Å². The van der Waals surface area contributed by atoms with Gasteiger partial charge in [-0.25, -0.2) is 4.68 Å². The highest BCUT2D eigenvalue weighted by Crippen LogP contribution is 2.13. The van der Waals surface area contributed by atoms with Crippen LogP contribution in [0.15, 0.2) is 36.5 Å². The van der Waals surface area contributed by atoms with E-state index >= 15 is 0 Å². The summed E-state index contributed by atoms with van der Waals surface area (Å²) >= 11 is 0. The minimum absolute atomic E-state index is 0.253. The Morgan fingerprint density at radius 1 is 1.27 bits per heavy atom. The summed E-state index contributed by atoms with van der Waals surface area (Å²) in [7, 11) is 1.64. The molecule has 2 aromatic rings. The molecule has 0 amide bonds. The highest BCUT2D eigenvalue weighted by atomic mass is 16.5. The molecule has 0 aliphatic carbocycles. The minimum atomic E-state index is 0.253. The topological polar surface area (TPSA) is 47.3 Å². The monoisotopic (exact) mass is 204 g/mol. The summed E-state index contributed by atoms with van der Waals surface area (Å²) in [6, 6.07) is 8.77. The van der Waals surface area contributed by atoms with E-state index in [1.807, 2.05) is 12.3 Å². The number of rotatable bonds is 3. The van der Waals surface area contributed by atoms with E-state index < -0.39 is 0 Å². The number of hydrogen-bond acceptors (Lipinski definition) is 3. The zero-order valence-electron chi connectivity index (χ0n) is 8.42. The van der Waals surface area contributed by atoms with Crippen molar-refractivity contribution < 1.29 is 9.84 Å². The molecule has 0 atom stereocenters. The van der Waals surface area contributed by atoms with Crippen molar-refractivity contribution >= 4 is 0 Å². The first-order valence-electron chi connectivity index (χ1n) is 4.62. The van der Waals surface area contributed by atoms with Crippen LogP contribution in [0, 0.1) is 0 Å². The predicted octanol–water partition coefficient (Wildman–Crippen LogP) is 1.72. The van der Waals surface area contributed by atoms with E-state index in [0.717, 1.165) is 11.4 Å². The molecule has 4 heteroatoms. The molecule has 1 heterocycles.